The minimum absolute atomic E-state index is 0.136. The third-order valence-electron chi connectivity index (χ3n) is 2.53. The number of hydrogen-bond donors (Lipinski definition) is 1. The fourth-order valence-electron chi connectivity index (χ4n) is 1.50. The van der Waals surface area contributed by atoms with Crippen molar-refractivity contribution in [2.24, 2.45) is 0 Å². The van der Waals surface area contributed by atoms with Crippen molar-refractivity contribution >= 4 is 0 Å². The highest BCUT2D eigenvalue weighted by Gasteiger charge is 2.05. The largest absolute Gasteiger partial charge is 0.497 e. The van der Waals surface area contributed by atoms with Crippen molar-refractivity contribution in [3.63, 3.8) is 0 Å². The molecule has 4 nitrogen and oxygen atoms in total. The van der Waals surface area contributed by atoms with E-state index >= 15 is 0 Å². The third-order valence-corrected chi connectivity index (χ3v) is 2.53. The molecule has 0 spiro atoms. The van der Waals surface area contributed by atoms with Gasteiger partial charge in [0.15, 0.2) is 0 Å². The first-order chi connectivity index (χ1) is 8.80. The molecule has 0 fully saturated rings. The predicted octanol–water partition coefficient (Wildman–Crippen LogP) is 2.36. The van der Waals surface area contributed by atoms with Gasteiger partial charge in [0.05, 0.1) is 25.8 Å². The molecule has 4 heteroatoms. The fraction of sp³-hybridized carbons (Fsp3) is 0.500. The second-order valence-electron chi connectivity index (χ2n) is 3.95. The topological polar surface area (TPSA) is 54.3 Å². The van der Waals surface area contributed by atoms with E-state index in [-0.39, 0.29) is 6.04 Å². The molecule has 0 saturated heterocycles. The van der Waals surface area contributed by atoms with Gasteiger partial charge in [-0.1, -0.05) is 6.92 Å². The summed E-state index contributed by atoms with van der Waals surface area (Å²) < 4.78 is 10.6. The fourth-order valence-corrected chi connectivity index (χ4v) is 1.50. The van der Waals surface area contributed by atoms with Crippen molar-refractivity contribution in [2.45, 2.75) is 25.8 Å². The van der Waals surface area contributed by atoms with Gasteiger partial charge in [0.2, 0.25) is 0 Å². The molecule has 1 unspecified atom stereocenters. The highest BCUT2D eigenvalue weighted by Crippen LogP contribution is 2.17. The first-order valence-corrected chi connectivity index (χ1v) is 6.20. The van der Waals surface area contributed by atoms with Gasteiger partial charge in [-0.05, 0) is 37.2 Å². The summed E-state index contributed by atoms with van der Waals surface area (Å²) in [6.45, 7) is 3.47. The first-order valence-electron chi connectivity index (χ1n) is 6.20. The van der Waals surface area contributed by atoms with E-state index in [0.29, 0.717) is 13.0 Å². The molecule has 1 N–H and O–H groups in total. The Bertz CT molecular complexity index is 370. The maximum atomic E-state index is 8.93. The standard InChI is InChI=1S/C14H20N2O2/c1-3-9-16-12(11-15)8-10-18-14-6-4-13(17-2)5-7-14/h4-7,12,16H,3,8-10H2,1-2H3. The molecular weight excluding hydrogens is 228 g/mol. The second-order valence-corrected chi connectivity index (χ2v) is 3.95. The summed E-state index contributed by atoms with van der Waals surface area (Å²) in [6.07, 6.45) is 1.71. The smallest absolute Gasteiger partial charge is 0.119 e. The molecule has 1 atom stereocenters. The molecule has 0 amide bonds. The van der Waals surface area contributed by atoms with Crippen LogP contribution in [0.4, 0.5) is 0 Å². The minimum atomic E-state index is -0.136. The second kappa shape index (κ2) is 8.37. The quantitative estimate of drug-likeness (QED) is 0.767. The molecule has 0 bridgehead atoms. The van der Waals surface area contributed by atoms with Crippen LogP contribution in [0.5, 0.6) is 11.5 Å². The minimum Gasteiger partial charge on any atom is -0.497 e. The lowest BCUT2D eigenvalue weighted by Crippen LogP contribution is -2.29. The van der Waals surface area contributed by atoms with Gasteiger partial charge in [-0.25, -0.2) is 0 Å². The van der Waals surface area contributed by atoms with Crippen molar-refractivity contribution in [3.8, 4) is 17.6 Å². The van der Waals surface area contributed by atoms with E-state index in [4.69, 9.17) is 14.7 Å². The average molecular weight is 248 g/mol. The lowest BCUT2D eigenvalue weighted by Gasteiger charge is -2.11. The van der Waals surface area contributed by atoms with Crippen LogP contribution in [-0.2, 0) is 0 Å². The highest BCUT2D eigenvalue weighted by molar-refractivity contribution is 5.31. The third kappa shape index (κ3) is 5.07. The molecule has 1 rings (SSSR count). The van der Waals surface area contributed by atoms with Crippen LogP contribution < -0.4 is 14.8 Å². The van der Waals surface area contributed by atoms with Crippen LogP contribution in [0.1, 0.15) is 19.8 Å². The Morgan fingerprint density at radius 3 is 2.50 bits per heavy atom. The molecule has 98 valence electrons. The Kier molecular flexibility index (Phi) is 6.67. The summed E-state index contributed by atoms with van der Waals surface area (Å²) in [5.41, 5.74) is 0. The Labute approximate surface area is 109 Å². The summed E-state index contributed by atoms with van der Waals surface area (Å²) in [5.74, 6) is 1.60. The number of rotatable bonds is 8. The SMILES string of the molecule is CCCNC(C#N)CCOc1ccc(OC)cc1. The van der Waals surface area contributed by atoms with Crippen LogP contribution >= 0.6 is 0 Å². The van der Waals surface area contributed by atoms with Crippen molar-refractivity contribution in [1.82, 2.24) is 5.32 Å². The number of ether oxygens (including phenoxy) is 2. The average Bonchev–Trinajstić information content (AvgIpc) is 2.43. The zero-order valence-corrected chi connectivity index (χ0v) is 11.0. The molecule has 0 heterocycles. The molecule has 18 heavy (non-hydrogen) atoms. The number of methoxy groups -OCH3 is 1. The zero-order valence-electron chi connectivity index (χ0n) is 11.0. The molecule has 0 aliphatic heterocycles. The van der Waals surface area contributed by atoms with Gasteiger partial charge in [-0.3, -0.25) is 0 Å². The number of nitriles is 1. The summed E-state index contributed by atoms with van der Waals surface area (Å²) >= 11 is 0. The lowest BCUT2D eigenvalue weighted by molar-refractivity contribution is 0.297. The van der Waals surface area contributed by atoms with Crippen molar-refractivity contribution in [2.75, 3.05) is 20.3 Å². The molecule has 0 aliphatic rings. The van der Waals surface area contributed by atoms with E-state index in [1.165, 1.54) is 0 Å². The molecule has 0 aliphatic carbocycles. The van der Waals surface area contributed by atoms with Crippen molar-refractivity contribution < 1.29 is 9.47 Å². The van der Waals surface area contributed by atoms with Crippen LogP contribution in [0.3, 0.4) is 0 Å². The Morgan fingerprint density at radius 2 is 1.94 bits per heavy atom. The number of nitrogens with one attached hydrogen (secondary N) is 1. The van der Waals surface area contributed by atoms with Gasteiger partial charge in [0, 0.05) is 6.42 Å². The molecule has 1 aromatic rings. The maximum absolute atomic E-state index is 8.93. The van der Waals surface area contributed by atoms with Gasteiger partial charge in [-0.15, -0.1) is 0 Å². The van der Waals surface area contributed by atoms with Crippen LogP contribution in [-0.4, -0.2) is 26.3 Å². The Balaban J connectivity index is 2.29. The summed E-state index contributed by atoms with van der Waals surface area (Å²) in [6, 6.07) is 9.52. The van der Waals surface area contributed by atoms with E-state index in [1.54, 1.807) is 7.11 Å². The summed E-state index contributed by atoms with van der Waals surface area (Å²) in [5, 5.41) is 12.1. The van der Waals surface area contributed by atoms with Gasteiger partial charge >= 0.3 is 0 Å². The Hall–Kier alpha value is -1.73. The molecule has 0 saturated carbocycles. The van der Waals surface area contributed by atoms with Crippen LogP contribution in [0.25, 0.3) is 0 Å². The summed E-state index contributed by atoms with van der Waals surface area (Å²) in [4.78, 5) is 0. The van der Waals surface area contributed by atoms with Gasteiger partial charge in [-0.2, -0.15) is 5.26 Å². The van der Waals surface area contributed by atoms with E-state index in [9.17, 15) is 0 Å². The Morgan fingerprint density at radius 1 is 1.28 bits per heavy atom. The monoisotopic (exact) mass is 248 g/mol. The number of hydrogen-bond acceptors (Lipinski definition) is 4. The molecular formula is C14H20N2O2. The van der Waals surface area contributed by atoms with E-state index < -0.39 is 0 Å². The number of benzene rings is 1. The van der Waals surface area contributed by atoms with Crippen LogP contribution in [0, 0.1) is 11.3 Å². The molecule has 0 radical (unpaired) electrons. The van der Waals surface area contributed by atoms with E-state index in [1.807, 2.05) is 24.3 Å². The summed E-state index contributed by atoms with van der Waals surface area (Å²) in [7, 11) is 1.63. The first kappa shape index (κ1) is 14.3. The molecule has 0 aromatic heterocycles. The normalized spacial score (nSPS) is 11.6. The van der Waals surface area contributed by atoms with Crippen LogP contribution in [0.2, 0.25) is 0 Å². The van der Waals surface area contributed by atoms with Crippen molar-refractivity contribution in [3.05, 3.63) is 24.3 Å². The van der Waals surface area contributed by atoms with Crippen molar-refractivity contribution in [1.29, 1.82) is 5.26 Å². The predicted molar refractivity (Wildman–Crippen MR) is 70.8 cm³/mol. The molecule has 1 aromatic carbocycles. The van der Waals surface area contributed by atoms with Crippen LogP contribution in [0.15, 0.2) is 24.3 Å². The number of nitrogens with zero attached hydrogens (tertiary/aromatic N) is 1. The van der Waals surface area contributed by atoms with Gasteiger partial charge in [0.1, 0.15) is 11.5 Å². The lowest BCUT2D eigenvalue weighted by atomic mass is 10.2. The van der Waals surface area contributed by atoms with E-state index in [0.717, 1.165) is 24.5 Å². The highest BCUT2D eigenvalue weighted by atomic mass is 16.5. The van der Waals surface area contributed by atoms with Gasteiger partial charge in [0.25, 0.3) is 0 Å². The van der Waals surface area contributed by atoms with Gasteiger partial charge < -0.3 is 14.8 Å². The van der Waals surface area contributed by atoms with E-state index in [2.05, 4.69) is 18.3 Å². The maximum Gasteiger partial charge on any atom is 0.119 e. The zero-order chi connectivity index (χ0) is 13.2.